The molecule has 0 fully saturated rings. The Morgan fingerprint density at radius 1 is 1.12 bits per heavy atom. The normalized spacial score (nSPS) is 13.0. The van der Waals surface area contributed by atoms with Crippen LogP contribution in [-0.2, 0) is 20.9 Å². The van der Waals surface area contributed by atoms with Gasteiger partial charge in [-0.15, -0.1) is 0 Å². The van der Waals surface area contributed by atoms with Crippen LogP contribution in [0, 0.1) is 0 Å². The summed E-state index contributed by atoms with van der Waals surface area (Å²) in [5.41, 5.74) is 0.855. The average molecular weight is 357 g/mol. The van der Waals surface area contributed by atoms with E-state index >= 15 is 0 Å². The number of rotatable bonds is 7. The van der Waals surface area contributed by atoms with Gasteiger partial charge in [-0.25, -0.2) is 4.79 Å². The van der Waals surface area contributed by atoms with E-state index in [1.165, 1.54) is 6.92 Å². The second-order valence-corrected chi connectivity index (χ2v) is 5.64. The van der Waals surface area contributed by atoms with Crippen LogP contribution in [-0.4, -0.2) is 31.4 Å². The molecule has 0 bridgehead atoms. The van der Waals surface area contributed by atoms with Crippen LogP contribution in [0.15, 0.2) is 48.5 Å². The van der Waals surface area contributed by atoms with Crippen molar-refractivity contribution in [2.75, 3.05) is 13.4 Å². The van der Waals surface area contributed by atoms with Gasteiger partial charge in [-0.05, 0) is 36.8 Å². The van der Waals surface area contributed by atoms with Crippen LogP contribution >= 0.6 is 0 Å². The quantitative estimate of drug-likeness (QED) is 0.764. The summed E-state index contributed by atoms with van der Waals surface area (Å²) in [7, 11) is 0. The molecule has 2 aromatic rings. The maximum Gasteiger partial charge on any atom is 0.344 e. The number of amides is 1. The largest absolute Gasteiger partial charge is 0.482 e. The molecule has 7 nitrogen and oxygen atoms in total. The van der Waals surface area contributed by atoms with Gasteiger partial charge in [0.2, 0.25) is 6.79 Å². The number of esters is 1. The number of carbonyl (C=O) groups excluding carboxylic acids is 2. The van der Waals surface area contributed by atoms with Crippen LogP contribution in [0.5, 0.6) is 17.2 Å². The summed E-state index contributed by atoms with van der Waals surface area (Å²) in [6.45, 7) is 1.74. The van der Waals surface area contributed by atoms with Crippen LogP contribution in [0.25, 0.3) is 0 Å². The predicted molar refractivity (Wildman–Crippen MR) is 91.9 cm³/mol. The van der Waals surface area contributed by atoms with Crippen LogP contribution < -0.4 is 19.5 Å². The van der Waals surface area contributed by atoms with Crippen molar-refractivity contribution in [1.29, 1.82) is 0 Å². The second-order valence-electron chi connectivity index (χ2n) is 5.64. The van der Waals surface area contributed by atoms with Crippen LogP contribution in [0.1, 0.15) is 12.5 Å². The summed E-state index contributed by atoms with van der Waals surface area (Å²) in [6.07, 6.45) is -0.920. The Labute approximate surface area is 150 Å². The molecule has 2 aromatic carbocycles. The van der Waals surface area contributed by atoms with Crippen molar-refractivity contribution in [2.24, 2.45) is 0 Å². The first kappa shape index (κ1) is 17.6. The highest BCUT2D eigenvalue weighted by Gasteiger charge is 2.19. The van der Waals surface area contributed by atoms with Gasteiger partial charge in [-0.3, -0.25) is 4.79 Å². The SMILES string of the molecule is C[C@H](OC(=O)COc1ccccc1)C(=O)NCc1ccc2c(c1)OCO2. The van der Waals surface area contributed by atoms with Gasteiger partial charge in [-0.1, -0.05) is 24.3 Å². The molecule has 0 unspecified atom stereocenters. The highest BCUT2D eigenvalue weighted by atomic mass is 16.7. The van der Waals surface area contributed by atoms with E-state index in [9.17, 15) is 9.59 Å². The number of ether oxygens (including phenoxy) is 4. The van der Waals surface area contributed by atoms with Gasteiger partial charge in [0.25, 0.3) is 5.91 Å². The van der Waals surface area contributed by atoms with Gasteiger partial charge < -0.3 is 24.3 Å². The van der Waals surface area contributed by atoms with Crippen molar-refractivity contribution < 1.29 is 28.5 Å². The topological polar surface area (TPSA) is 83.1 Å². The third-order valence-corrected chi connectivity index (χ3v) is 3.68. The Kier molecular flexibility index (Phi) is 5.58. The number of benzene rings is 2. The van der Waals surface area contributed by atoms with E-state index in [0.29, 0.717) is 17.2 Å². The summed E-state index contributed by atoms with van der Waals surface area (Å²) >= 11 is 0. The van der Waals surface area contributed by atoms with Gasteiger partial charge >= 0.3 is 5.97 Å². The molecule has 0 aromatic heterocycles. The minimum absolute atomic E-state index is 0.198. The Morgan fingerprint density at radius 2 is 1.88 bits per heavy atom. The summed E-state index contributed by atoms with van der Waals surface area (Å²) < 4.78 is 20.9. The zero-order chi connectivity index (χ0) is 18.4. The minimum Gasteiger partial charge on any atom is -0.482 e. The molecule has 0 spiro atoms. The number of hydrogen-bond acceptors (Lipinski definition) is 6. The van der Waals surface area contributed by atoms with E-state index in [1.54, 1.807) is 36.4 Å². The maximum atomic E-state index is 12.1. The fraction of sp³-hybridized carbons (Fsp3) is 0.263. The molecule has 3 rings (SSSR count). The summed E-state index contributed by atoms with van der Waals surface area (Å²) in [5.74, 6) is 0.884. The minimum atomic E-state index is -0.920. The molecule has 136 valence electrons. The van der Waals surface area contributed by atoms with Crippen LogP contribution in [0.4, 0.5) is 0 Å². The summed E-state index contributed by atoms with van der Waals surface area (Å²) in [6, 6.07) is 14.3. The van der Waals surface area contributed by atoms with Crippen LogP contribution in [0.2, 0.25) is 0 Å². The Bertz CT molecular complexity index is 777. The van der Waals surface area contributed by atoms with E-state index in [2.05, 4.69) is 5.32 Å². The molecule has 0 aliphatic carbocycles. The van der Waals surface area contributed by atoms with Gasteiger partial charge in [0, 0.05) is 6.54 Å². The van der Waals surface area contributed by atoms with E-state index < -0.39 is 18.0 Å². The van der Waals surface area contributed by atoms with Gasteiger partial charge in [-0.2, -0.15) is 0 Å². The molecule has 0 saturated carbocycles. The molecular formula is C19H19NO6. The van der Waals surface area contributed by atoms with Crippen molar-refractivity contribution >= 4 is 11.9 Å². The predicted octanol–water partition coefficient (Wildman–Crippen LogP) is 2.04. The third-order valence-electron chi connectivity index (χ3n) is 3.68. The number of nitrogens with one attached hydrogen (secondary N) is 1. The van der Waals surface area contributed by atoms with Crippen molar-refractivity contribution in [3.05, 3.63) is 54.1 Å². The molecule has 1 aliphatic rings. The monoisotopic (exact) mass is 357 g/mol. The fourth-order valence-corrected chi connectivity index (χ4v) is 2.33. The van der Waals surface area contributed by atoms with Gasteiger partial charge in [0.1, 0.15) is 5.75 Å². The highest BCUT2D eigenvalue weighted by molar-refractivity contribution is 5.83. The van der Waals surface area contributed by atoms with E-state index in [-0.39, 0.29) is 19.9 Å². The van der Waals surface area contributed by atoms with E-state index in [1.807, 2.05) is 12.1 Å². The van der Waals surface area contributed by atoms with Crippen molar-refractivity contribution in [3.63, 3.8) is 0 Å². The lowest BCUT2D eigenvalue weighted by Crippen LogP contribution is -2.36. The van der Waals surface area contributed by atoms with Crippen molar-refractivity contribution in [2.45, 2.75) is 19.6 Å². The molecule has 1 amide bonds. The number of fused-ring (bicyclic) bond motifs is 1. The van der Waals surface area contributed by atoms with E-state index in [0.717, 1.165) is 5.56 Å². The van der Waals surface area contributed by atoms with E-state index in [4.69, 9.17) is 18.9 Å². The molecule has 0 radical (unpaired) electrons. The lowest BCUT2D eigenvalue weighted by molar-refractivity contribution is -0.156. The van der Waals surface area contributed by atoms with Crippen molar-refractivity contribution in [1.82, 2.24) is 5.32 Å². The highest BCUT2D eigenvalue weighted by Crippen LogP contribution is 2.32. The summed E-state index contributed by atoms with van der Waals surface area (Å²) in [4.78, 5) is 23.9. The van der Waals surface area contributed by atoms with Gasteiger partial charge in [0.05, 0.1) is 0 Å². The molecule has 1 aliphatic heterocycles. The Morgan fingerprint density at radius 3 is 2.69 bits per heavy atom. The third kappa shape index (κ3) is 4.66. The lowest BCUT2D eigenvalue weighted by atomic mass is 10.2. The Hall–Kier alpha value is -3.22. The standard InChI is InChI=1S/C19H19NO6/c1-13(26-18(21)11-23-15-5-3-2-4-6-15)19(22)20-10-14-7-8-16-17(9-14)25-12-24-16/h2-9,13H,10-12H2,1H3,(H,20,22)/t13-/m0/s1. The lowest BCUT2D eigenvalue weighted by Gasteiger charge is -2.14. The molecule has 1 N–H and O–H groups in total. The molecule has 7 heteroatoms. The first-order valence-corrected chi connectivity index (χ1v) is 8.15. The second kappa shape index (κ2) is 8.24. The number of carbonyl (C=O) groups is 2. The van der Waals surface area contributed by atoms with Crippen molar-refractivity contribution in [3.8, 4) is 17.2 Å². The molecule has 1 heterocycles. The fourth-order valence-electron chi connectivity index (χ4n) is 2.33. The zero-order valence-corrected chi connectivity index (χ0v) is 14.3. The smallest absolute Gasteiger partial charge is 0.344 e. The molecular weight excluding hydrogens is 338 g/mol. The number of para-hydroxylation sites is 1. The first-order valence-electron chi connectivity index (χ1n) is 8.15. The maximum absolute atomic E-state index is 12.1. The average Bonchev–Trinajstić information content (AvgIpc) is 3.13. The van der Waals surface area contributed by atoms with Gasteiger partial charge in [0.15, 0.2) is 24.2 Å². The molecule has 0 saturated heterocycles. The Balaban J connectivity index is 1.42. The molecule has 26 heavy (non-hydrogen) atoms. The first-order chi connectivity index (χ1) is 12.6. The molecule has 1 atom stereocenters. The van der Waals surface area contributed by atoms with Crippen LogP contribution in [0.3, 0.4) is 0 Å². The summed E-state index contributed by atoms with van der Waals surface area (Å²) in [5, 5.41) is 2.72. The zero-order valence-electron chi connectivity index (χ0n) is 14.3. The number of hydrogen-bond donors (Lipinski definition) is 1.